The van der Waals surface area contributed by atoms with Gasteiger partial charge < -0.3 is 21.1 Å². The Kier molecular flexibility index (Phi) is 7.48. The number of hydrogen-bond donors (Lipinski definition) is 3. The molecular weight excluding hydrogens is 382 g/mol. The number of Topliss-reactive ketones (excluding diaryl/α,β-unsaturated/α-hetero) is 1. The van der Waals surface area contributed by atoms with Crippen LogP contribution in [-0.4, -0.2) is 42.8 Å². The summed E-state index contributed by atoms with van der Waals surface area (Å²) in [6, 6.07) is 6.58. The second kappa shape index (κ2) is 10.1. The highest BCUT2D eigenvalue weighted by Gasteiger charge is 2.36. The lowest BCUT2D eigenvalue weighted by Crippen LogP contribution is -2.53. The quantitative estimate of drug-likeness (QED) is 0.649. The fourth-order valence-corrected chi connectivity index (χ4v) is 4.41. The second-order valence-corrected chi connectivity index (χ2v) is 8.94. The average Bonchev–Trinajstić information content (AvgIpc) is 3.04. The highest BCUT2D eigenvalue weighted by Crippen LogP contribution is 2.33. The molecule has 4 N–H and O–H groups in total. The second-order valence-electron chi connectivity index (χ2n) is 8.94. The molecule has 2 aliphatic heterocycles. The van der Waals surface area contributed by atoms with Crippen molar-refractivity contribution in [2.75, 3.05) is 13.2 Å². The summed E-state index contributed by atoms with van der Waals surface area (Å²) in [5, 5.41) is 5.75. The van der Waals surface area contributed by atoms with Crippen molar-refractivity contribution in [2.45, 2.75) is 58.0 Å². The average molecular weight is 416 g/mol. The molecule has 0 spiro atoms. The molecule has 4 rings (SSSR count). The van der Waals surface area contributed by atoms with Crippen LogP contribution in [0.2, 0.25) is 0 Å². The van der Waals surface area contributed by atoms with E-state index in [-0.39, 0.29) is 54.5 Å². The van der Waals surface area contributed by atoms with Crippen LogP contribution in [0.3, 0.4) is 0 Å². The number of amides is 2. The predicted molar refractivity (Wildman–Crippen MR) is 114 cm³/mol. The molecule has 2 heterocycles. The van der Waals surface area contributed by atoms with Crippen molar-refractivity contribution in [1.29, 1.82) is 0 Å². The molecule has 1 saturated carbocycles. The lowest BCUT2D eigenvalue weighted by atomic mass is 9.92. The fraction of sp³-hybridized carbons (Fsp3) is 0.609. The van der Waals surface area contributed by atoms with Gasteiger partial charge in [-0.25, -0.2) is 0 Å². The number of carbonyl (C=O) groups excluding carboxylic acids is 3. The van der Waals surface area contributed by atoms with Gasteiger partial charge in [-0.2, -0.15) is 0 Å². The Labute approximate surface area is 178 Å². The van der Waals surface area contributed by atoms with Crippen LogP contribution in [0.5, 0.6) is 5.75 Å². The summed E-state index contributed by atoms with van der Waals surface area (Å²) in [6.45, 7) is 4.09. The maximum atomic E-state index is 12.9. The highest BCUT2D eigenvalue weighted by atomic mass is 16.5. The van der Waals surface area contributed by atoms with Crippen LogP contribution in [0, 0.1) is 17.8 Å². The summed E-state index contributed by atoms with van der Waals surface area (Å²) in [7, 11) is 0. The molecular formula is C23H33N3O4. The number of fused-ring (bicyclic) bond motifs is 10. The van der Waals surface area contributed by atoms with E-state index in [0.717, 1.165) is 18.4 Å². The monoisotopic (exact) mass is 415 g/mol. The molecule has 1 aromatic rings. The lowest BCUT2D eigenvalue weighted by Gasteiger charge is -2.25. The third-order valence-corrected chi connectivity index (χ3v) is 6.00. The molecule has 164 valence electrons. The van der Waals surface area contributed by atoms with Gasteiger partial charge in [0.2, 0.25) is 5.91 Å². The van der Waals surface area contributed by atoms with E-state index in [0.29, 0.717) is 25.0 Å². The third kappa shape index (κ3) is 5.81. The smallest absolute Gasteiger partial charge is 0.258 e. The summed E-state index contributed by atoms with van der Waals surface area (Å²) >= 11 is 0. The number of nitrogens with one attached hydrogen (secondary N) is 2. The van der Waals surface area contributed by atoms with E-state index in [1.807, 2.05) is 38.1 Å². The summed E-state index contributed by atoms with van der Waals surface area (Å²) in [5.41, 5.74) is 6.99. The highest BCUT2D eigenvalue weighted by molar-refractivity contribution is 5.88. The van der Waals surface area contributed by atoms with E-state index < -0.39 is 6.04 Å². The van der Waals surface area contributed by atoms with E-state index >= 15 is 0 Å². The Hall–Kier alpha value is -2.41. The molecule has 0 aromatic heterocycles. The molecule has 30 heavy (non-hydrogen) atoms. The van der Waals surface area contributed by atoms with Gasteiger partial charge in [0.05, 0.1) is 0 Å². The van der Waals surface area contributed by atoms with Gasteiger partial charge >= 0.3 is 0 Å². The molecule has 1 aromatic carbocycles. The summed E-state index contributed by atoms with van der Waals surface area (Å²) < 4.78 is 5.58. The SMILES string of the molecule is CC(C)C[C@@H]1NC(=O)COc2ccc(cc2)CC2CC[C@@H](C[C@@H](CN)NC1=O)C2=O. The van der Waals surface area contributed by atoms with E-state index in [1.165, 1.54) is 0 Å². The van der Waals surface area contributed by atoms with Gasteiger partial charge in [0.1, 0.15) is 17.6 Å². The first-order chi connectivity index (χ1) is 14.4. The molecule has 2 amide bonds. The number of benzene rings is 1. The topological polar surface area (TPSA) is 111 Å². The molecule has 7 heteroatoms. The zero-order chi connectivity index (χ0) is 21.7. The lowest BCUT2D eigenvalue weighted by molar-refractivity contribution is -0.131. The fourth-order valence-electron chi connectivity index (χ4n) is 4.41. The Bertz CT molecular complexity index is 762. The summed E-state index contributed by atoms with van der Waals surface area (Å²) in [4.78, 5) is 38.2. The minimum Gasteiger partial charge on any atom is -0.484 e. The molecule has 3 aliphatic rings. The normalized spacial score (nSPS) is 28.1. The van der Waals surface area contributed by atoms with Crippen LogP contribution in [0.15, 0.2) is 24.3 Å². The van der Waals surface area contributed by atoms with Crippen molar-refractivity contribution in [2.24, 2.45) is 23.5 Å². The zero-order valence-corrected chi connectivity index (χ0v) is 17.9. The molecule has 4 bridgehead atoms. The standard InChI is InChI=1S/C23H33N3O4/c1-14(2)9-20-23(29)25-18(12-24)11-17-6-5-16(22(17)28)10-15-3-7-19(8-4-15)30-13-21(27)26-20/h3-4,7-8,14,16-18,20H,5-6,9-13,24H2,1-2H3,(H,25,29)(H,26,27)/t16?,17-,18-,20-/m0/s1. The molecule has 0 radical (unpaired) electrons. The van der Waals surface area contributed by atoms with Crippen molar-refractivity contribution in [1.82, 2.24) is 10.6 Å². The van der Waals surface area contributed by atoms with Crippen molar-refractivity contribution < 1.29 is 19.1 Å². The van der Waals surface area contributed by atoms with Gasteiger partial charge in [0, 0.05) is 24.4 Å². The first-order valence-electron chi connectivity index (χ1n) is 10.9. The molecule has 1 unspecified atom stereocenters. The number of ketones is 1. The Morgan fingerprint density at radius 2 is 1.77 bits per heavy atom. The third-order valence-electron chi connectivity index (χ3n) is 6.00. The molecule has 1 aliphatic carbocycles. The maximum Gasteiger partial charge on any atom is 0.258 e. The summed E-state index contributed by atoms with van der Waals surface area (Å²) in [6.07, 6.45) is 3.43. The number of ether oxygens (including phenoxy) is 1. The van der Waals surface area contributed by atoms with Crippen molar-refractivity contribution in [3.8, 4) is 5.75 Å². The molecule has 0 saturated heterocycles. The van der Waals surface area contributed by atoms with Crippen LogP contribution >= 0.6 is 0 Å². The minimum absolute atomic E-state index is 0.00325. The number of carbonyl (C=O) groups is 3. The first-order valence-corrected chi connectivity index (χ1v) is 10.9. The molecule has 1 fully saturated rings. The van der Waals surface area contributed by atoms with Crippen molar-refractivity contribution >= 4 is 17.6 Å². The van der Waals surface area contributed by atoms with Crippen molar-refractivity contribution in [3.63, 3.8) is 0 Å². The van der Waals surface area contributed by atoms with Crippen LogP contribution in [-0.2, 0) is 20.8 Å². The van der Waals surface area contributed by atoms with Crippen LogP contribution in [0.1, 0.15) is 45.1 Å². The van der Waals surface area contributed by atoms with E-state index in [2.05, 4.69) is 10.6 Å². The number of rotatable bonds is 3. The van der Waals surface area contributed by atoms with E-state index in [4.69, 9.17) is 10.5 Å². The van der Waals surface area contributed by atoms with Crippen LogP contribution in [0.25, 0.3) is 0 Å². The first kappa shape index (κ1) is 22.3. The number of hydrogen-bond acceptors (Lipinski definition) is 5. The Morgan fingerprint density at radius 3 is 2.43 bits per heavy atom. The van der Waals surface area contributed by atoms with Crippen LogP contribution < -0.4 is 21.1 Å². The summed E-state index contributed by atoms with van der Waals surface area (Å²) in [5.74, 6) is 0.382. The zero-order valence-electron chi connectivity index (χ0n) is 17.9. The minimum atomic E-state index is -0.666. The van der Waals surface area contributed by atoms with Gasteiger partial charge in [-0.1, -0.05) is 26.0 Å². The molecule has 7 nitrogen and oxygen atoms in total. The van der Waals surface area contributed by atoms with Gasteiger partial charge in [-0.15, -0.1) is 0 Å². The van der Waals surface area contributed by atoms with E-state index in [1.54, 1.807) is 0 Å². The Balaban J connectivity index is 1.82. The molecule has 4 atom stereocenters. The van der Waals surface area contributed by atoms with Gasteiger partial charge in [0.15, 0.2) is 6.61 Å². The maximum absolute atomic E-state index is 12.9. The van der Waals surface area contributed by atoms with Gasteiger partial charge in [-0.3, -0.25) is 14.4 Å². The number of nitrogens with two attached hydrogens (primary N) is 1. The predicted octanol–water partition coefficient (Wildman–Crippen LogP) is 1.58. The van der Waals surface area contributed by atoms with Gasteiger partial charge in [-0.05, 0) is 55.7 Å². The van der Waals surface area contributed by atoms with Gasteiger partial charge in [0.25, 0.3) is 5.91 Å². The van der Waals surface area contributed by atoms with Crippen LogP contribution in [0.4, 0.5) is 0 Å². The Morgan fingerprint density at radius 1 is 1.07 bits per heavy atom. The largest absolute Gasteiger partial charge is 0.484 e. The van der Waals surface area contributed by atoms with E-state index in [9.17, 15) is 14.4 Å². The van der Waals surface area contributed by atoms with Crippen molar-refractivity contribution in [3.05, 3.63) is 29.8 Å².